The number of benzene rings is 2. The molecule has 28 heavy (non-hydrogen) atoms. The molecule has 0 heterocycles. The van der Waals surface area contributed by atoms with E-state index in [1.807, 2.05) is 0 Å². The van der Waals surface area contributed by atoms with Crippen LogP contribution in [-0.4, -0.2) is 27.1 Å². The molecule has 11 heteroatoms. The van der Waals surface area contributed by atoms with E-state index in [0.717, 1.165) is 12.1 Å². The molecule has 6 nitrogen and oxygen atoms in total. The van der Waals surface area contributed by atoms with Crippen molar-refractivity contribution < 1.29 is 31.1 Å². The Kier molecular flexibility index (Phi) is 6.45. The van der Waals surface area contributed by atoms with Crippen LogP contribution in [0.3, 0.4) is 0 Å². The van der Waals surface area contributed by atoms with Gasteiger partial charge in [0.05, 0.1) is 10.6 Å². The Morgan fingerprint density at radius 1 is 1.18 bits per heavy atom. The number of hydrogen-bond donors (Lipinski definition) is 2. The van der Waals surface area contributed by atoms with Crippen molar-refractivity contribution in [3.05, 3.63) is 47.0 Å². The Bertz CT molecular complexity index is 994. The second-order valence-electron chi connectivity index (χ2n) is 5.81. The van der Waals surface area contributed by atoms with Crippen LogP contribution in [0.1, 0.15) is 12.5 Å². The Hall–Kier alpha value is -2.46. The average Bonchev–Trinajstić information content (AvgIpc) is 2.54. The minimum absolute atomic E-state index is 0.0979. The smallest absolute Gasteiger partial charge is 0.422 e. The van der Waals surface area contributed by atoms with E-state index in [-0.39, 0.29) is 27.0 Å². The van der Waals surface area contributed by atoms with Crippen LogP contribution in [0.5, 0.6) is 5.75 Å². The third-order valence-electron chi connectivity index (χ3n) is 3.38. The van der Waals surface area contributed by atoms with Crippen LogP contribution < -0.4 is 14.8 Å². The molecule has 2 rings (SSSR count). The summed E-state index contributed by atoms with van der Waals surface area (Å²) in [5, 5.41) is 2.56. The van der Waals surface area contributed by atoms with Gasteiger partial charge in [-0.3, -0.25) is 9.52 Å². The third kappa shape index (κ3) is 6.03. The first kappa shape index (κ1) is 21.8. The molecule has 0 fully saturated rings. The van der Waals surface area contributed by atoms with Gasteiger partial charge in [-0.1, -0.05) is 17.7 Å². The number of nitrogens with one attached hydrogen (secondary N) is 2. The van der Waals surface area contributed by atoms with Crippen molar-refractivity contribution in [2.75, 3.05) is 16.6 Å². The zero-order valence-corrected chi connectivity index (χ0v) is 16.3. The van der Waals surface area contributed by atoms with Gasteiger partial charge < -0.3 is 10.1 Å². The zero-order valence-electron chi connectivity index (χ0n) is 14.7. The Morgan fingerprint density at radius 2 is 1.86 bits per heavy atom. The zero-order chi connectivity index (χ0) is 21.1. The molecule has 0 spiro atoms. The first-order valence-corrected chi connectivity index (χ1v) is 9.64. The van der Waals surface area contributed by atoms with Crippen LogP contribution in [0.15, 0.2) is 41.3 Å². The summed E-state index contributed by atoms with van der Waals surface area (Å²) in [6.45, 7) is 1.20. The third-order valence-corrected chi connectivity index (χ3v) is 5.12. The number of sulfonamides is 1. The number of carbonyl (C=O) groups is 1. The molecule has 0 aromatic heterocycles. The molecule has 152 valence electrons. The fourth-order valence-electron chi connectivity index (χ4n) is 2.24. The standard InChI is InChI=1S/C17H16ClF3N2O4S/c1-10-3-5-13(22-11(2)24)8-16(10)28(25,26)23-14-7-12(18)4-6-15(14)27-9-17(19,20)21/h3-8,23H,9H2,1-2H3,(H,22,24). The fraction of sp³-hybridized carbons (Fsp3) is 0.235. The summed E-state index contributed by atoms with van der Waals surface area (Å²) in [6, 6.07) is 7.78. The monoisotopic (exact) mass is 436 g/mol. The van der Waals surface area contributed by atoms with Crippen LogP contribution in [0.25, 0.3) is 0 Å². The largest absolute Gasteiger partial charge is 0.482 e. The van der Waals surface area contributed by atoms with Gasteiger partial charge in [0.1, 0.15) is 5.75 Å². The molecule has 0 bridgehead atoms. The van der Waals surface area contributed by atoms with E-state index >= 15 is 0 Å². The maximum absolute atomic E-state index is 12.8. The molecule has 2 N–H and O–H groups in total. The van der Waals surface area contributed by atoms with Crippen molar-refractivity contribution in [1.29, 1.82) is 0 Å². The van der Waals surface area contributed by atoms with E-state index < -0.39 is 28.7 Å². The van der Waals surface area contributed by atoms with Crippen molar-refractivity contribution >= 4 is 38.9 Å². The normalized spacial score (nSPS) is 11.8. The second-order valence-corrected chi connectivity index (χ2v) is 7.90. The van der Waals surface area contributed by atoms with Crippen molar-refractivity contribution in [2.45, 2.75) is 24.9 Å². The number of carbonyl (C=O) groups excluding carboxylic acids is 1. The van der Waals surface area contributed by atoms with Crippen LogP contribution in [0.4, 0.5) is 24.5 Å². The van der Waals surface area contributed by atoms with E-state index in [1.54, 1.807) is 0 Å². The molecule has 0 atom stereocenters. The van der Waals surface area contributed by atoms with Gasteiger partial charge in [0, 0.05) is 17.6 Å². The van der Waals surface area contributed by atoms with Crippen molar-refractivity contribution in [2.24, 2.45) is 0 Å². The van der Waals surface area contributed by atoms with Gasteiger partial charge >= 0.3 is 6.18 Å². The SMILES string of the molecule is CC(=O)Nc1ccc(C)c(S(=O)(=O)Nc2cc(Cl)ccc2OCC(F)(F)F)c1. The summed E-state index contributed by atoms with van der Waals surface area (Å²) in [5.41, 5.74) is 0.362. The summed E-state index contributed by atoms with van der Waals surface area (Å²) >= 11 is 5.84. The number of anilines is 2. The highest BCUT2D eigenvalue weighted by Gasteiger charge is 2.29. The molecule has 0 saturated carbocycles. The van der Waals surface area contributed by atoms with Gasteiger partial charge in [0.15, 0.2) is 6.61 Å². The van der Waals surface area contributed by atoms with Gasteiger partial charge in [0.2, 0.25) is 5.91 Å². The van der Waals surface area contributed by atoms with Crippen molar-refractivity contribution in [3.63, 3.8) is 0 Å². The first-order chi connectivity index (χ1) is 12.9. The highest BCUT2D eigenvalue weighted by molar-refractivity contribution is 7.92. The number of alkyl halides is 3. The number of amides is 1. The van der Waals surface area contributed by atoms with E-state index in [0.29, 0.717) is 5.56 Å². The minimum atomic E-state index is -4.60. The lowest BCUT2D eigenvalue weighted by molar-refractivity contribution is -0.153. The Morgan fingerprint density at radius 3 is 2.46 bits per heavy atom. The van der Waals surface area contributed by atoms with Crippen LogP contribution in [-0.2, 0) is 14.8 Å². The minimum Gasteiger partial charge on any atom is -0.482 e. The number of halogens is 4. The van der Waals surface area contributed by atoms with Crippen LogP contribution >= 0.6 is 11.6 Å². The lowest BCUT2D eigenvalue weighted by atomic mass is 10.2. The molecule has 2 aromatic rings. The van der Waals surface area contributed by atoms with Gasteiger partial charge in [-0.15, -0.1) is 0 Å². The Balaban J connectivity index is 2.39. The molecule has 0 saturated heterocycles. The van der Waals surface area contributed by atoms with Gasteiger partial charge in [-0.25, -0.2) is 8.42 Å². The Labute approximate surface area is 164 Å². The quantitative estimate of drug-likeness (QED) is 0.705. The topological polar surface area (TPSA) is 84.5 Å². The highest BCUT2D eigenvalue weighted by atomic mass is 35.5. The second kappa shape index (κ2) is 8.27. The summed E-state index contributed by atoms with van der Waals surface area (Å²) in [7, 11) is -4.22. The summed E-state index contributed by atoms with van der Waals surface area (Å²) in [5.74, 6) is -0.723. The van der Waals surface area contributed by atoms with E-state index in [2.05, 4.69) is 14.8 Å². The molecule has 2 aromatic carbocycles. The molecule has 0 aliphatic heterocycles. The van der Waals surface area contributed by atoms with Crippen LogP contribution in [0, 0.1) is 6.92 Å². The molecule has 0 radical (unpaired) electrons. The lowest BCUT2D eigenvalue weighted by Crippen LogP contribution is -2.21. The van der Waals surface area contributed by atoms with Gasteiger partial charge in [0.25, 0.3) is 10.0 Å². The van der Waals surface area contributed by atoms with Gasteiger partial charge in [-0.2, -0.15) is 13.2 Å². The molecular weight excluding hydrogens is 421 g/mol. The maximum Gasteiger partial charge on any atom is 0.422 e. The molecule has 0 unspecified atom stereocenters. The number of ether oxygens (including phenoxy) is 1. The predicted octanol–water partition coefficient (Wildman–Crippen LogP) is 4.35. The summed E-state index contributed by atoms with van der Waals surface area (Å²) < 4.78 is 69.7. The average molecular weight is 437 g/mol. The summed E-state index contributed by atoms with van der Waals surface area (Å²) in [6.07, 6.45) is -4.60. The predicted molar refractivity (Wildman–Crippen MR) is 99.3 cm³/mol. The van der Waals surface area contributed by atoms with E-state index in [9.17, 15) is 26.4 Å². The number of rotatable bonds is 6. The van der Waals surface area contributed by atoms with Crippen molar-refractivity contribution in [3.8, 4) is 5.75 Å². The van der Waals surface area contributed by atoms with Crippen LogP contribution in [0.2, 0.25) is 5.02 Å². The molecule has 0 aliphatic rings. The van der Waals surface area contributed by atoms with E-state index in [4.69, 9.17) is 11.6 Å². The molecule has 0 aliphatic carbocycles. The lowest BCUT2D eigenvalue weighted by Gasteiger charge is -2.16. The highest BCUT2D eigenvalue weighted by Crippen LogP contribution is 2.32. The number of aryl methyl sites for hydroxylation is 1. The molecular formula is C17H16ClF3N2O4S. The van der Waals surface area contributed by atoms with Crippen molar-refractivity contribution in [1.82, 2.24) is 0 Å². The van der Waals surface area contributed by atoms with Gasteiger partial charge in [-0.05, 0) is 42.8 Å². The summed E-state index contributed by atoms with van der Waals surface area (Å²) in [4.78, 5) is 11.0. The first-order valence-electron chi connectivity index (χ1n) is 7.77. The van der Waals surface area contributed by atoms with E-state index in [1.165, 1.54) is 38.1 Å². The molecule has 1 amide bonds. The number of hydrogen-bond acceptors (Lipinski definition) is 4. The maximum atomic E-state index is 12.8. The fourth-order valence-corrected chi connectivity index (χ4v) is 3.74.